The van der Waals surface area contributed by atoms with Gasteiger partial charge in [-0.3, -0.25) is 4.90 Å². The standard InChI is InChI=1S/C17H28N2/c1-2-19(14-16-9-6-10-16)17(13-18)12-11-15-7-4-3-5-8-15/h3-5,7-8,16-17H,2,6,9-14,18H2,1H3. The molecule has 0 bridgehead atoms. The maximum atomic E-state index is 6.01. The molecule has 2 heteroatoms. The summed E-state index contributed by atoms with van der Waals surface area (Å²) in [5.74, 6) is 0.936. The Bertz CT molecular complexity index is 346. The van der Waals surface area contributed by atoms with Crippen molar-refractivity contribution in [2.75, 3.05) is 19.6 Å². The minimum Gasteiger partial charge on any atom is -0.329 e. The van der Waals surface area contributed by atoms with Crippen molar-refractivity contribution in [3.8, 4) is 0 Å². The maximum Gasteiger partial charge on any atom is 0.0221 e. The summed E-state index contributed by atoms with van der Waals surface area (Å²) in [5, 5.41) is 0. The van der Waals surface area contributed by atoms with Gasteiger partial charge >= 0.3 is 0 Å². The third kappa shape index (κ3) is 4.32. The van der Waals surface area contributed by atoms with E-state index >= 15 is 0 Å². The van der Waals surface area contributed by atoms with E-state index < -0.39 is 0 Å². The molecule has 0 aliphatic heterocycles. The smallest absolute Gasteiger partial charge is 0.0221 e. The van der Waals surface area contributed by atoms with Crippen LogP contribution in [0.5, 0.6) is 0 Å². The highest BCUT2D eigenvalue weighted by atomic mass is 15.2. The highest BCUT2D eigenvalue weighted by Crippen LogP contribution is 2.28. The van der Waals surface area contributed by atoms with E-state index in [0.717, 1.165) is 25.4 Å². The Morgan fingerprint density at radius 1 is 1.26 bits per heavy atom. The molecule has 1 unspecified atom stereocenters. The Morgan fingerprint density at radius 2 is 2.00 bits per heavy atom. The molecule has 106 valence electrons. The van der Waals surface area contributed by atoms with Crippen molar-refractivity contribution in [3.63, 3.8) is 0 Å². The molecule has 0 radical (unpaired) electrons. The third-order valence-corrected chi connectivity index (χ3v) is 4.52. The van der Waals surface area contributed by atoms with E-state index in [4.69, 9.17) is 5.73 Å². The predicted molar refractivity (Wildman–Crippen MR) is 82.2 cm³/mol. The fraction of sp³-hybridized carbons (Fsp3) is 0.647. The van der Waals surface area contributed by atoms with Gasteiger partial charge in [0.1, 0.15) is 0 Å². The Kier molecular flexibility index (Phi) is 5.87. The number of hydrogen-bond donors (Lipinski definition) is 1. The molecule has 0 aromatic heterocycles. The summed E-state index contributed by atoms with van der Waals surface area (Å²) in [4.78, 5) is 2.60. The summed E-state index contributed by atoms with van der Waals surface area (Å²) in [6.07, 6.45) is 6.60. The van der Waals surface area contributed by atoms with Crippen LogP contribution in [0.15, 0.2) is 30.3 Å². The van der Waals surface area contributed by atoms with Crippen LogP contribution >= 0.6 is 0 Å². The van der Waals surface area contributed by atoms with Gasteiger partial charge in [0.25, 0.3) is 0 Å². The lowest BCUT2D eigenvalue weighted by atomic mass is 9.84. The van der Waals surface area contributed by atoms with E-state index in [9.17, 15) is 0 Å². The van der Waals surface area contributed by atoms with E-state index in [1.54, 1.807) is 0 Å². The van der Waals surface area contributed by atoms with Crippen LogP contribution in [-0.2, 0) is 6.42 Å². The number of hydrogen-bond acceptors (Lipinski definition) is 2. The minimum absolute atomic E-state index is 0.547. The number of likely N-dealkylation sites (N-methyl/N-ethyl adjacent to an activating group) is 1. The molecule has 1 aromatic rings. The van der Waals surface area contributed by atoms with Gasteiger partial charge in [-0.15, -0.1) is 0 Å². The first kappa shape index (κ1) is 14.5. The van der Waals surface area contributed by atoms with Crippen LogP contribution in [-0.4, -0.2) is 30.6 Å². The van der Waals surface area contributed by atoms with Crippen molar-refractivity contribution in [3.05, 3.63) is 35.9 Å². The highest BCUT2D eigenvalue weighted by molar-refractivity contribution is 5.14. The third-order valence-electron chi connectivity index (χ3n) is 4.52. The lowest BCUT2D eigenvalue weighted by molar-refractivity contribution is 0.136. The van der Waals surface area contributed by atoms with Crippen LogP contribution < -0.4 is 5.73 Å². The van der Waals surface area contributed by atoms with E-state index in [0.29, 0.717) is 6.04 Å². The second-order valence-electron chi connectivity index (χ2n) is 5.80. The predicted octanol–water partition coefficient (Wildman–Crippen LogP) is 3.07. The molecule has 1 fully saturated rings. The monoisotopic (exact) mass is 260 g/mol. The van der Waals surface area contributed by atoms with Crippen molar-refractivity contribution in [1.82, 2.24) is 4.90 Å². The number of nitrogens with zero attached hydrogens (tertiary/aromatic N) is 1. The zero-order valence-corrected chi connectivity index (χ0v) is 12.2. The molecule has 1 saturated carbocycles. The summed E-state index contributed by atoms with van der Waals surface area (Å²) < 4.78 is 0. The number of rotatable bonds is 8. The molecule has 0 amide bonds. The lowest BCUT2D eigenvalue weighted by Gasteiger charge is -2.36. The first-order chi connectivity index (χ1) is 9.33. The Labute approximate surface area is 118 Å². The Morgan fingerprint density at radius 3 is 2.53 bits per heavy atom. The van der Waals surface area contributed by atoms with Gasteiger partial charge in [0.05, 0.1) is 0 Å². The van der Waals surface area contributed by atoms with Crippen LogP contribution in [0.25, 0.3) is 0 Å². The average Bonchev–Trinajstić information content (AvgIpc) is 2.41. The van der Waals surface area contributed by atoms with Gasteiger partial charge in [-0.1, -0.05) is 43.7 Å². The van der Waals surface area contributed by atoms with E-state index in [-0.39, 0.29) is 0 Å². The van der Waals surface area contributed by atoms with Gasteiger partial charge in [-0.2, -0.15) is 0 Å². The SMILES string of the molecule is CCN(CC1CCC1)C(CN)CCc1ccccc1. The molecule has 1 aliphatic rings. The fourth-order valence-electron chi connectivity index (χ4n) is 2.97. The molecule has 0 saturated heterocycles. The van der Waals surface area contributed by atoms with Crippen LogP contribution in [0.3, 0.4) is 0 Å². The normalized spacial score (nSPS) is 17.4. The lowest BCUT2D eigenvalue weighted by Crippen LogP contribution is -2.44. The minimum atomic E-state index is 0.547. The van der Waals surface area contributed by atoms with E-state index in [1.807, 2.05) is 0 Å². The quantitative estimate of drug-likeness (QED) is 0.778. The molecule has 0 heterocycles. The molecule has 2 nitrogen and oxygen atoms in total. The van der Waals surface area contributed by atoms with Gasteiger partial charge < -0.3 is 5.73 Å². The maximum absolute atomic E-state index is 6.01. The van der Waals surface area contributed by atoms with Crippen LogP contribution in [0.4, 0.5) is 0 Å². The summed E-state index contributed by atoms with van der Waals surface area (Å²) in [5.41, 5.74) is 7.44. The molecule has 1 aromatic carbocycles. The molecule has 0 spiro atoms. The summed E-state index contributed by atoms with van der Waals surface area (Å²) in [6.45, 7) is 5.44. The first-order valence-corrected chi connectivity index (χ1v) is 7.81. The van der Waals surface area contributed by atoms with Crippen LogP contribution in [0.1, 0.15) is 38.2 Å². The number of benzene rings is 1. The highest BCUT2D eigenvalue weighted by Gasteiger charge is 2.23. The van der Waals surface area contributed by atoms with Crippen LogP contribution in [0, 0.1) is 5.92 Å². The second-order valence-corrected chi connectivity index (χ2v) is 5.80. The molecule has 2 rings (SSSR count). The first-order valence-electron chi connectivity index (χ1n) is 7.81. The summed E-state index contributed by atoms with van der Waals surface area (Å²) in [6, 6.07) is 11.3. The largest absolute Gasteiger partial charge is 0.329 e. The van der Waals surface area contributed by atoms with Crippen molar-refractivity contribution < 1.29 is 0 Å². The fourth-order valence-corrected chi connectivity index (χ4v) is 2.97. The number of aryl methyl sites for hydroxylation is 1. The van der Waals surface area contributed by atoms with Crippen LogP contribution in [0.2, 0.25) is 0 Å². The zero-order chi connectivity index (χ0) is 13.5. The second kappa shape index (κ2) is 7.66. The van der Waals surface area contributed by atoms with Gasteiger partial charge in [0.15, 0.2) is 0 Å². The number of nitrogens with two attached hydrogens (primary N) is 1. The topological polar surface area (TPSA) is 29.3 Å². The molecule has 1 aliphatic carbocycles. The van der Waals surface area contributed by atoms with Gasteiger partial charge in [0.2, 0.25) is 0 Å². The van der Waals surface area contributed by atoms with Gasteiger partial charge in [-0.25, -0.2) is 0 Å². The van der Waals surface area contributed by atoms with Gasteiger partial charge in [0, 0.05) is 19.1 Å². The summed E-state index contributed by atoms with van der Waals surface area (Å²) >= 11 is 0. The van der Waals surface area contributed by atoms with Gasteiger partial charge in [-0.05, 0) is 43.7 Å². The molecule has 19 heavy (non-hydrogen) atoms. The zero-order valence-electron chi connectivity index (χ0n) is 12.2. The van der Waals surface area contributed by atoms with E-state index in [1.165, 1.54) is 37.8 Å². The van der Waals surface area contributed by atoms with Crippen molar-refractivity contribution in [2.24, 2.45) is 11.7 Å². The van der Waals surface area contributed by atoms with Crippen molar-refractivity contribution in [1.29, 1.82) is 0 Å². The summed E-state index contributed by atoms with van der Waals surface area (Å²) in [7, 11) is 0. The average molecular weight is 260 g/mol. The molecule has 1 atom stereocenters. The Hall–Kier alpha value is -0.860. The molecular weight excluding hydrogens is 232 g/mol. The van der Waals surface area contributed by atoms with Crippen molar-refractivity contribution >= 4 is 0 Å². The van der Waals surface area contributed by atoms with E-state index in [2.05, 4.69) is 42.2 Å². The molecular formula is C17H28N2. The molecule has 2 N–H and O–H groups in total. The Balaban J connectivity index is 1.82. The van der Waals surface area contributed by atoms with Crippen molar-refractivity contribution in [2.45, 2.75) is 45.1 Å².